The van der Waals surface area contributed by atoms with Crippen molar-refractivity contribution in [2.45, 2.75) is 25.8 Å². The molecule has 2 heterocycles. The van der Waals surface area contributed by atoms with Crippen LogP contribution < -0.4 is 5.73 Å². The molecule has 2 rings (SSSR count). The van der Waals surface area contributed by atoms with Gasteiger partial charge in [-0.3, -0.25) is 4.90 Å². The van der Waals surface area contributed by atoms with E-state index in [1.807, 2.05) is 11.3 Å². The number of piperidine rings is 1. The van der Waals surface area contributed by atoms with Crippen LogP contribution >= 0.6 is 27.3 Å². The van der Waals surface area contributed by atoms with Crippen LogP contribution in [0.5, 0.6) is 0 Å². The Kier molecular flexibility index (Phi) is 4.41. The van der Waals surface area contributed by atoms with Crippen LogP contribution in [0.2, 0.25) is 0 Å². The van der Waals surface area contributed by atoms with Gasteiger partial charge in [-0.15, -0.1) is 11.3 Å². The Labute approximate surface area is 110 Å². The summed E-state index contributed by atoms with van der Waals surface area (Å²) in [6.45, 7) is 5.55. The second-order valence-electron chi connectivity index (χ2n) is 4.56. The largest absolute Gasteiger partial charge is 0.330 e. The third-order valence-corrected chi connectivity index (χ3v) is 5.39. The second-order valence-corrected chi connectivity index (χ2v) is 6.42. The first-order chi connectivity index (χ1) is 7.70. The molecule has 2 nitrogen and oxygen atoms in total. The number of likely N-dealkylation sites (tertiary alicyclic amines) is 1. The molecule has 1 atom stereocenters. The van der Waals surface area contributed by atoms with Crippen LogP contribution in [0, 0.1) is 5.92 Å². The van der Waals surface area contributed by atoms with Gasteiger partial charge in [0.05, 0.1) is 0 Å². The van der Waals surface area contributed by atoms with E-state index < -0.39 is 0 Å². The van der Waals surface area contributed by atoms with Crippen molar-refractivity contribution in [2.24, 2.45) is 11.7 Å². The molecule has 0 aromatic carbocycles. The quantitative estimate of drug-likeness (QED) is 0.929. The van der Waals surface area contributed by atoms with Gasteiger partial charge in [-0.05, 0) is 67.3 Å². The van der Waals surface area contributed by atoms with Crippen LogP contribution in [0.1, 0.15) is 30.7 Å². The molecule has 0 amide bonds. The molecule has 0 bridgehead atoms. The Morgan fingerprint density at radius 2 is 2.25 bits per heavy atom. The maximum Gasteiger partial charge on any atom is 0.0413 e. The molecule has 2 N–H and O–H groups in total. The summed E-state index contributed by atoms with van der Waals surface area (Å²) in [5, 5.41) is 2.17. The number of hydrogen-bond donors (Lipinski definition) is 1. The first-order valence-electron chi connectivity index (χ1n) is 5.88. The highest BCUT2D eigenvalue weighted by Crippen LogP contribution is 2.31. The molecule has 4 heteroatoms. The maximum atomic E-state index is 5.72. The Balaban J connectivity index is 1.93. The lowest BCUT2D eigenvalue weighted by atomic mass is 9.96. The van der Waals surface area contributed by atoms with Crippen molar-refractivity contribution in [3.63, 3.8) is 0 Å². The lowest BCUT2D eigenvalue weighted by Gasteiger charge is -2.35. The minimum Gasteiger partial charge on any atom is -0.330 e. The van der Waals surface area contributed by atoms with Gasteiger partial charge in [-0.1, -0.05) is 0 Å². The Morgan fingerprint density at radius 3 is 2.75 bits per heavy atom. The summed E-state index contributed by atoms with van der Waals surface area (Å²) in [6.07, 6.45) is 2.51. The van der Waals surface area contributed by atoms with E-state index in [0.29, 0.717) is 6.04 Å². The summed E-state index contributed by atoms with van der Waals surface area (Å²) in [6, 6.07) is 2.79. The van der Waals surface area contributed by atoms with E-state index in [9.17, 15) is 0 Å². The summed E-state index contributed by atoms with van der Waals surface area (Å²) < 4.78 is 1.20. The highest BCUT2D eigenvalue weighted by molar-refractivity contribution is 9.10. The van der Waals surface area contributed by atoms with Crippen LogP contribution in [0.15, 0.2) is 15.9 Å². The van der Waals surface area contributed by atoms with Crippen LogP contribution in [0.4, 0.5) is 0 Å². The van der Waals surface area contributed by atoms with E-state index in [1.165, 1.54) is 35.3 Å². The summed E-state index contributed by atoms with van der Waals surface area (Å²) in [5.41, 5.74) is 5.72. The molecule has 16 heavy (non-hydrogen) atoms. The molecule has 1 unspecified atom stereocenters. The first-order valence-corrected chi connectivity index (χ1v) is 7.56. The van der Waals surface area contributed by atoms with E-state index in [4.69, 9.17) is 5.73 Å². The van der Waals surface area contributed by atoms with Crippen LogP contribution in [-0.2, 0) is 0 Å². The standard InChI is InChI=1S/C12H19BrN2S/c1-9(12-6-11(13)8-16-12)15-4-2-10(7-14)3-5-15/h6,8-10H,2-5,7,14H2,1H3. The summed E-state index contributed by atoms with van der Waals surface area (Å²) in [4.78, 5) is 4.03. The third kappa shape index (κ3) is 2.86. The van der Waals surface area contributed by atoms with E-state index in [-0.39, 0.29) is 0 Å². The monoisotopic (exact) mass is 302 g/mol. The summed E-state index contributed by atoms with van der Waals surface area (Å²) in [7, 11) is 0. The number of halogens is 1. The fraction of sp³-hybridized carbons (Fsp3) is 0.667. The Hall–Kier alpha value is 0.1000. The minimum absolute atomic E-state index is 0.551. The van der Waals surface area contributed by atoms with Gasteiger partial charge in [0.15, 0.2) is 0 Å². The number of nitrogens with zero attached hydrogens (tertiary/aromatic N) is 1. The van der Waals surface area contributed by atoms with Crippen molar-refractivity contribution in [3.8, 4) is 0 Å². The van der Waals surface area contributed by atoms with Gasteiger partial charge in [0.2, 0.25) is 0 Å². The molecule has 90 valence electrons. The number of nitrogens with two attached hydrogens (primary N) is 1. The molecule has 1 aliphatic rings. The molecule has 1 fully saturated rings. The highest BCUT2D eigenvalue weighted by atomic mass is 79.9. The molecule has 0 aliphatic carbocycles. The molecule has 0 saturated carbocycles. The van der Waals surface area contributed by atoms with Crippen LogP contribution in [0.3, 0.4) is 0 Å². The fourth-order valence-electron chi connectivity index (χ4n) is 2.30. The zero-order valence-corrected chi connectivity index (χ0v) is 12.1. The van der Waals surface area contributed by atoms with Gasteiger partial charge in [-0.25, -0.2) is 0 Å². The summed E-state index contributed by atoms with van der Waals surface area (Å²) in [5.74, 6) is 0.749. The summed E-state index contributed by atoms with van der Waals surface area (Å²) >= 11 is 5.37. The van der Waals surface area contributed by atoms with Crippen molar-refractivity contribution >= 4 is 27.3 Å². The fourth-order valence-corrected chi connectivity index (χ4v) is 3.84. The van der Waals surface area contributed by atoms with Gasteiger partial charge in [0, 0.05) is 20.8 Å². The smallest absolute Gasteiger partial charge is 0.0413 e. The van der Waals surface area contributed by atoms with E-state index in [0.717, 1.165) is 12.5 Å². The number of thiophene rings is 1. The van der Waals surface area contributed by atoms with Crippen molar-refractivity contribution in [3.05, 3.63) is 20.8 Å². The lowest BCUT2D eigenvalue weighted by molar-refractivity contribution is 0.145. The minimum atomic E-state index is 0.551. The third-order valence-electron chi connectivity index (χ3n) is 3.53. The molecule has 1 aliphatic heterocycles. The lowest BCUT2D eigenvalue weighted by Crippen LogP contribution is -2.37. The average molecular weight is 303 g/mol. The molecule has 0 spiro atoms. The maximum absolute atomic E-state index is 5.72. The van der Waals surface area contributed by atoms with Crippen LogP contribution in [0.25, 0.3) is 0 Å². The van der Waals surface area contributed by atoms with Gasteiger partial charge in [-0.2, -0.15) is 0 Å². The average Bonchev–Trinajstić information content (AvgIpc) is 2.75. The normalized spacial score (nSPS) is 21.2. The Morgan fingerprint density at radius 1 is 1.56 bits per heavy atom. The molecule has 0 radical (unpaired) electrons. The van der Waals surface area contributed by atoms with E-state index >= 15 is 0 Å². The molecule has 1 saturated heterocycles. The van der Waals surface area contributed by atoms with Crippen molar-refractivity contribution in [1.82, 2.24) is 4.90 Å². The number of hydrogen-bond acceptors (Lipinski definition) is 3. The first kappa shape index (κ1) is 12.6. The predicted molar refractivity (Wildman–Crippen MR) is 73.8 cm³/mol. The molecule has 1 aromatic heterocycles. The van der Waals surface area contributed by atoms with Crippen molar-refractivity contribution < 1.29 is 0 Å². The number of rotatable bonds is 3. The topological polar surface area (TPSA) is 29.3 Å². The zero-order valence-electron chi connectivity index (χ0n) is 9.66. The van der Waals surface area contributed by atoms with Gasteiger partial charge >= 0.3 is 0 Å². The molecular weight excluding hydrogens is 284 g/mol. The van der Waals surface area contributed by atoms with Gasteiger partial charge < -0.3 is 5.73 Å². The highest BCUT2D eigenvalue weighted by Gasteiger charge is 2.23. The molecular formula is C12H19BrN2S. The molecule has 1 aromatic rings. The van der Waals surface area contributed by atoms with E-state index in [1.54, 1.807) is 0 Å². The second kappa shape index (κ2) is 5.63. The zero-order chi connectivity index (χ0) is 11.5. The van der Waals surface area contributed by atoms with Crippen LogP contribution in [-0.4, -0.2) is 24.5 Å². The Bertz CT molecular complexity index is 332. The predicted octanol–water partition coefficient (Wildman–Crippen LogP) is 3.24. The van der Waals surface area contributed by atoms with Crippen molar-refractivity contribution in [2.75, 3.05) is 19.6 Å². The SMILES string of the molecule is CC(c1cc(Br)cs1)N1CCC(CN)CC1. The van der Waals surface area contributed by atoms with E-state index in [2.05, 4.69) is 39.2 Å². The van der Waals surface area contributed by atoms with Gasteiger partial charge in [0.25, 0.3) is 0 Å². The van der Waals surface area contributed by atoms with Gasteiger partial charge in [0.1, 0.15) is 0 Å². The van der Waals surface area contributed by atoms with Crippen molar-refractivity contribution in [1.29, 1.82) is 0 Å².